The number of carbonyl (C=O) groups excluding carboxylic acids is 1. The second kappa shape index (κ2) is 5.14. The molecule has 1 N–H and O–H groups in total. The van der Waals surface area contributed by atoms with E-state index in [1.807, 2.05) is 20.9 Å². The van der Waals surface area contributed by atoms with Crippen LogP contribution in [0.5, 0.6) is 0 Å². The van der Waals surface area contributed by atoms with Gasteiger partial charge in [0.25, 0.3) is 0 Å². The van der Waals surface area contributed by atoms with E-state index >= 15 is 0 Å². The van der Waals surface area contributed by atoms with Crippen LogP contribution in [0, 0.1) is 15.2 Å². The first-order valence-electron chi connectivity index (χ1n) is 8.73. The summed E-state index contributed by atoms with van der Waals surface area (Å²) in [6, 6.07) is -0.0221. The van der Waals surface area contributed by atoms with Gasteiger partial charge < -0.3 is 19.4 Å². The Morgan fingerprint density at radius 1 is 1.38 bits per heavy atom. The van der Waals surface area contributed by atoms with Crippen LogP contribution in [0.4, 0.5) is 5.82 Å². The van der Waals surface area contributed by atoms with E-state index in [0.29, 0.717) is 9.65 Å². The number of ether oxygens (including phenoxy) is 2. The Bertz CT molecular complexity index is 944. The molecule has 26 heavy (non-hydrogen) atoms. The van der Waals surface area contributed by atoms with Gasteiger partial charge in [0.1, 0.15) is 18.0 Å². The van der Waals surface area contributed by atoms with Crippen LogP contribution in [0.25, 0.3) is 11.2 Å². The second-order valence-corrected chi connectivity index (χ2v) is 8.80. The lowest BCUT2D eigenvalue weighted by atomic mass is 9.95. The van der Waals surface area contributed by atoms with E-state index in [-0.39, 0.29) is 30.0 Å². The number of hydrogen-bond acceptors (Lipinski definition) is 7. The molecule has 3 aliphatic rings. The number of imidazole rings is 1. The van der Waals surface area contributed by atoms with E-state index in [4.69, 9.17) is 9.47 Å². The Morgan fingerprint density at radius 3 is 2.85 bits per heavy atom. The highest BCUT2D eigenvalue weighted by Gasteiger charge is 2.78. The minimum atomic E-state index is -0.695. The van der Waals surface area contributed by atoms with Crippen molar-refractivity contribution in [3.63, 3.8) is 0 Å². The number of fused-ring (bicyclic) bond motifs is 4. The number of Topliss-reactive ketones (excluding diaryl/α,β-unsaturated/α-hetero) is 1. The lowest BCUT2D eigenvalue weighted by molar-refractivity contribution is -0.163. The van der Waals surface area contributed by atoms with Crippen molar-refractivity contribution in [1.82, 2.24) is 19.5 Å². The third-order valence-electron chi connectivity index (χ3n) is 6.05. The predicted octanol–water partition coefficient (Wildman–Crippen LogP) is 2.14. The van der Waals surface area contributed by atoms with E-state index in [0.717, 1.165) is 17.6 Å². The average Bonchev–Trinajstić information content (AvgIpc) is 2.91. The van der Waals surface area contributed by atoms with Crippen LogP contribution in [0.3, 0.4) is 0 Å². The van der Waals surface area contributed by atoms with Crippen LogP contribution >= 0.6 is 22.6 Å². The summed E-state index contributed by atoms with van der Waals surface area (Å²) in [6.07, 6.45) is 2.22. The molecule has 5 rings (SSSR count). The smallest absolute Gasteiger partial charge is 0.194 e. The SMILES string of the molecule is CNc1nc(I)nc2c1ncn2[C@@H]1C2C[C@]2(C(C)=O)C2OC(C)(C)O[C@H]21. The van der Waals surface area contributed by atoms with Crippen molar-refractivity contribution in [2.45, 2.75) is 51.2 Å². The largest absolute Gasteiger partial charge is 0.371 e. The Hall–Kier alpha value is -1.33. The van der Waals surface area contributed by atoms with Gasteiger partial charge in [-0.05, 0) is 33.1 Å². The van der Waals surface area contributed by atoms with Gasteiger partial charge in [0, 0.05) is 29.6 Å². The summed E-state index contributed by atoms with van der Waals surface area (Å²) in [7, 11) is 1.82. The molecule has 0 bridgehead atoms. The van der Waals surface area contributed by atoms with Crippen LogP contribution in [-0.4, -0.2) is 50.3 Å². The molecule has 2 saturated carbocycles. The van der Waals surface area contributed by atoms with E-state index in [1.165, 1.54) is 0 Å². The molecule has 1 aliphatic heterocycles. The molecule has 2 aromatic heterocycles. The zero-order valence-electron chi connectivity index (χ0n) is 15.0. The second-order valence-electron chi connectivity index (χ2n) is 7.83. The molecule has 1 saturated heterocycles. The fraction of sp³-hybridized carbons (Fsp3) is 0.647. The topological polar surface area (TPSA) is 91.2 Å². The number of rotatable bonds is 3. The highest BCUT2D eigenvalue weighted by atomic mass is 127. The molecule has 8 nitrogen and oxygen atoms in total. The number of ketones is 1. The molecule has 2 aliphatic carbocycles. The van der Waals surface area contributed by atoms with Gasteiger partial charge in [-0.15, -0.1) is 0 Å². The van der Waals surface area contributed by atoms with Crippen LogP contribution in [0.1, 0.15) is 33.2 Å². The summed E-state index contributed by atoms with van der Waals surface area (Å²) in [4.78, 5) is 26.0. The molecule has 5 atom stereocenters. The maximum Gasteiger partial charge on any atom is 0.194 e. The number of anilines is 1. The molecule has 138 valence electrons. The molecule has 2 aromatic rings. The molecule has 2 unspecified atom stereocenters. The van der Waals surface area contributed by atoms with E-state index in [9.17, 15) is 4.79 Å². The minimum Gasteiger partial charge on any atom is -0.371 e. The molecule has 0 aromatic carbocycles. The third-order valence-corrected chi connectivity index (χ3v) is 6.53. The predicted molar refractivity (Wildman–Crippen MR) is 102 cm³/mol. The number of aromatic nitrogens is 4. The Morgan fingerprint density at radius 2 is 2.15 bits per heavy atom. The standard InChI is InChI=1S/C17H20IN5O3/c1-7(24)17-5-8(17)10(11-12(17)26-16(2,3)25-11)23-6-20-9-13(19-4)21-15(18)22-14(9)23/h6,8,10-12H,5H2,1-4H3,(H,19,21,22)/t8?,10-,11+,12?,17-/m1/s1. The summed E-state index contributed by atoms with van der Waals surface area (Å²) >= 11 is 2.11. The monoisotopic (exact) mass is 469 g/mol. The van der Waals surface area contributed by atoms with Crippen LogP contribution < -0.4 is 5.32 Å². The first-order chi connectivity index (χ1) is 12.3. The summed E-state index contributed by atoms with van der Waals surface area (Å²) in [5, 5.41) is 3.08. The van der Waals surface area contributed by atoms with Crippen molar-refractivity contribution in [3.05, 3.63) is 10.2 Å². The van der Waals surface area contributed by atoms with Crippen LogP contribution in [0.2, 0.25) is 0 Å². The molecule has 3 fully saturated rings. The van der Waals surface area contributed by atoms with Crippen molar-refractivity contribution in [2.75, 3.05) is 12.4 Å². The maximum absolute atomic E-state index is 12.5. The zero-order chi connectivity index (χ0) is 18.4. The molecule has 3 heterocycles. The zero-order valence-corrected chi connectivity index (χ0v) is 17.1. The first kappa shape index (κ1) is 16.8. The van der Waals surface area contributed by atoms with E-state index < -0.39 is 11.2 Å². The summed E-state index contributed by atoms with van der Waals surface area (Å²) in [6.45, 7) is 5.48. The fourth-order valence-electron chi connectivity index (χ4n) is 4.96. The van der Waals surface area contributed by atoms with Crippen molar-refractivity contribution in [3.8, 4) is 0 Å². The van der Waals surface area contributed by atoms with Gasteiger partial charge >= 0.3 is 0 Å². The number of hydrogen-bond donors (Lipinski definition) is 1. The van der Waals surface area contributed by atoms with E-state index in [1.54, 1.807) is 13.3 Å². The molecule has 0 amide bonds. The number of carbonyl (C=O) groups is 1. The summed E-state index contributed by atoms with van der Waals surface area (Å²) in [5.74, 6) is 0.379. The Balaban J connectivity index is 1.66. The molecular formula is C17H20IN5O3. The Kier molecular flexibility index (Phi) is 3.32. The number of halogens is 1. The summed E-state index contributed by atoms with van der Waals surface area (Å²) < 4.78 is 15.1. The van der Waals surface area contributed by atoms with Crippen molar-refractivity contribution >= 4 is 45.4 Å². The summed E-state index contributed by atoms with van der Waals surface area (Å²) in [5.41, 5.74) is 1.05. The highest BCUT2D eigenvalue weighted by molar-refractivity contribution is 14.1. The quantitative estimate of drug-likeness (QED) is 0.544. The minimum absolute atomic E-state index is 0.0221. The van der Waals surface area contributed by atoms with Gasteiger partial charge in [0.15, 0.2) is 26.6 Å². The maximum atomic E-state index is 12.5. The average molecular weight is 469 g/mol. The highest BCUT2D eigenvalue weighted by Crippen LogP contribution is 2.71. The van der Waals surface area contributed by atoms with Gasteiger partial charge in [-0.3, -0.25) is 4.79 Å². The van der Waals surface area contributed by atoms with Gasteiger partial charge in [0.2, 0.25) is 0 Å². The fourth-order valence-corrected chi connectivity index (χ4v) is 5.43. The molecular weight excluding hydrogens is 449 g/mol. The first-order valence-corrected chi connectivity index (χ1v) is 9.81. The van der Waals surface area contributed by atoms with Gasteiger partial charge in [-0.25, -0.2) is 15.0 Å². The molecule has 0 radical (unpaired) electrons. The van der Waals surface area contributed by atoms with Crippen molar-refractivity contribution in [1.29, 1.82) is 0 Å². The van der Waals surface area contributed by atoms with Crippen LogP contribution in [-0.2, 0) is 14.3 Å². The van der Waals surface area contributed by atoms with E-state index in [2.05, 4.69) is 47.4 Å². The van der Waals surface area contributed by atoms with Gasteiger partial charge in [0.05, 0.1) is 17.8 Å². The van der Waals surface area contributed by atoms with Crippen LogP contribution in [0.15, 0.2) is 6.33 Å². The van der Waals surface area contributed by atoms with Crippen molar-refractivity contribution < 1.29 is 14.3 Å². The lowest BCUT2D eigenvalue weighted by Crippen LogP contribution is -2.34. The van der Waals surface area contributed by atoms with Gasteiger partial charge in [-0.1, -0.05) is 0 Å². The van der Waals surface area contributed by atoms with Crippen molar-refractivity contribution in [2.24, 2.45) is 11.3 Å². The molecule has 0 spiro atoms. The lowest BCUT2D eigenvalue weighted by Gasteiger charge is -2.24. The number of nitrogens with zero attached hydrogens (tertiary/aromatic N) is 4. The third kappa shape index (κ3) is 2.02. The Labute approximate surface area is 164 Å². The number of nitrogens with one attached hydrogen (secondary N) is 1. The molecule has 9 heteroatoms. The normalized spacial score (nSPS) is 36.8. The van der Waals surface area contributed by atoms with Gasteiger partial charge in [-0.2, -0.15) is 0 Å².